The second kappa shape index (κ2) is 7.21. The van der Waals surface area contributed by atoms with Gasteiger partial charge in [-0.15, -0.1) is 11.3 Å². The molecule has 2 N–H and O–H groups in total. The molecule has 10 heteroatoms. The lowest BCUT2D eigenvalue weighted by Crippen LogP contribution is -2.38. The summed E-state index contributed by atoms with van der Waals surface area (Å²) >= 11 is 1.14. The van der Waals surface area contributed by atoms with Crippen molar-refractivity contribution < 1.29 is 24.3 Å². The van der Waals surface area contributed by atoms with Gasteiger partial charge in [-0.2, -0.15) is 5.06 Å². The number of nitrogens with zero attached hydrogens (tertiary/aromatic N) is 3. The van der Waals surface area contributed by atoms with Gasteiger partial charge in [0.15, 0.2) is 6.04 Å². The first kappa shape index (κ1) is 18.4. The molecule has 0 aliphatic carbocycles. The van der Waals surface area contributed by atoms with E-state index in [1.54, 1.807) is 18.5 Å². The van der Waals surface area contributed by atoms with E-state index in [2.05, 4.69) is 10.3 Å². The number of amides is 3. The lowest BCUT2D eigenvalue weighted by molar-refractivity contribution is -0.146. The molecule has 1 saturated heterocycles. The first-order valence-corrected chi connectivity index (χ1v) is 9.50. The van der Waals surface area contributed by atoms with Crippen LogP contribution in [0.25, 0.3) is 0 Å². The number of rotatable bonds is 5. The number of hydrogen-bond donors (Lipinski definition) is 2. The molecule has 0 aromatic carbocycles. The summed E-state index contributed by atoms with van der Waals surface area (Å²) in [5, 5.41) is 13.6. The van der Waals surface area contributed by atoms with E-state index in [0.29, 0.717) is 33.3 Å². The summed E-state index contributed by atoms with van der Waals surface area (Å²) in [6.07, 6.45) is 4.06. The average Bonchev–Trinajstić information content (AvgIpc) is 3.26. The van der Waals surface area contributed by atoms with Crippen LogP contribution in [0, 0.1) is 0 Å². The van der Waals surface area contributed by atoms with Crippen LogP contribution in [0.3, 0.4) is 0 Å². The molecule has 9 nitrogen and oxygen atoms in total. The minimum atomic E-state index is -0.954. The van der Waals surface area contributed by atoms with E-state index in [4.69, 9.17) is 4.74 Å². The van der Waals surface area contributed by atoms with Gasteiger partial charge in [0.2, 0.25) is 0 Å². The zero-order valence-electron chi connectivity index (χ0n) is 15.0. The summed E-state index contributed by atoms with van der Waals surface area (Å²) in [5.74, 6) is -0.867. The second-order valence-electron chi connectivity index (χ2n) is 6.51. The molecule has 2 aromatic heterocycles. The number of carbonyl (C=O) groups is 3. The van der Waals surface area contributed by atoms with Crippen LogP contribution in [0.2, 0.25) is 0 Å². The molecule has 2 atom stereocenters. The normalized spacial score (nSPS) is 20.1. The van der Waals surface area contributed by atoms with Crippen molar-refractivity contribution in [3.8, 4) is 0 Å². The molecule has 2 aromatic rings. The molecule has 0 unspecified atom stereocenters. The Bertz CT molecular complexity index is 931. The van der Waals surface area contributed by atoms with E-state index in [1.165, 1.54) is 12.0 Å². The highest BCUT2D eigenvalue weighted by molar-refractivity contribution is 7.14. The quantitative estimate of drug-likeness (QED) is 0.579. The minimum Gasteiger partial charge on any atom is -0.467 e. The van der Waals surface area contributed by atoms with Crippen molar-refractivity contribution in [2.45, 2.75) is 18.5 Å². The first-order valence-electron chi connectivity index (χ1n) is 8.68. The van der Waals surface area contributed by atoms with E-state index < -0.39 is 24.1 Å². The van der Waals surface area contributed by atoms with Crippen LogP contribution in [0.1, 0.15) is 37.8 Å². The zero-order chi connectivity index (χ0) is 19.8. The van der Waals surface area contributed by atoms with Crippen LogP contribution >= 0.6 is 11.3 Å². The Morgan fingerprint density at radius 2 is 2.14 bits per heavy atom. The molecule has 0 saturated carbocycles. The van der Waals surface area contributed by atoms with Crippen LogP contribution < -0.4 is 5.32 Å². The van der Waals surface area contributed by atoms with Gasteiger partial charge in [-0.25, -0.2) is 9.59 Å². The molecular weight excluding hydrogens is 384 g/mol. The highest BCUT2D eigenvalue weighted by Gasteiger charge is 2.51. The molecule has 1 fully saturated rings. The predicted octanol–water partition coefficient (Wildman–Crippen LogP) is 1.51. The number of methoxy groups -OCH3 is 1. The minimum absolute atomic E-state index is 0.169. The van der Waals surface area contributed by atoms with Crippen LogP contribution in [0.15, 0.2) is 30.6 Å². The van der Waals surface area contributed by atoms with Crippen LogP contribution in [0.5, 0.6) is 0 Å². The van der Waals surface area contributed by atoms with E-state index in [9.17, 15) is 19.6 Å². The monoisotopic (exact) mass is 402 g/mol. The smallest absolute Gasteiger partial charge is 0.345 e. The van der Waals surface area contributed by atoms with E-state index >= 15 is 0 Å². The Hall–Kier alpha value is -2.98. The molecule has 4 heterocycles. The Balaban J connectivity index is 1.54. The molecule has 4 rings (SSSR count). The number of fused-ring (bicyclic) bond motifs is 4. The number of urea groups is 1. The topological polar surface area (TPSA) is 112 Å². The molecule has 2 aliphatic heterocycles. The second-order valence-corrected chi connectivity index (χ2v) is 7.60. The first-order chi connectivity index (χ1) is 13.5. The SMILES string of the molecule is COC(=O)[C@@H]1c2sc(C(=O)NCCc3ccncc3)cc2[C@@H]2CN1C(=O)N2O. The zero-order valence-corrected chi connectivity index (χ0v) is 15.8. The lowest BCUT2D eigenvalue weighted by atomic mass is 9.99. The van der Waals surface area contributed by atoms with E-state index in [0.717, 1.165) is 16.9 Å². The van der Waals surface area contributed by atoms with Gasteiger partial charge in [0.05, 0.1) is 18.5 Å². The summed E-state index contributed by atoms with van der Waals surface area (Å²) in [5.41, 5.74) is 1.66. The van der Waals surface area contributed by atoms with Crippen molar-refractivity contribution in [1.29, 1.82) is 0 Å². The maximum atomic E-state index is 12.6. The largest absolute Gasteiger partial charge is 0.467 e. The summed E-state index contributed by atoms with van der Waals surface area (Å²) in [6.45, 7) is 0.619. The number of hydroxylamine groups is 2. The molecule has 28 heavy (non-hydrogen) atoms. The van der Waals surface area contributed by atoms with E-state index in [1.807, 2.05) is 12.1 Å². The highest BCUT2D eigenvalue weighted by atomic mass is 32.1. The Morgan fingerprint density at radius 1 is 1.39 bits per heavy atom. The van der Waals surface area contributed by atoms with Gasteiger partial charge in [0.25, 0.3) is 5.91 Å². The van der Waals surface area contributed by atoms with Gasteiger partial charge in [-0.05, 0) is 35.7 Å². The number of aromatic nitrogens is 1. The average molecular weight is 402 g/mol. The Morgan fingerprint density at radius 3 is 2.86 bits per heavy atom. The van der Waals surface area contributed by atoms with Crippen molar-refractivity contribution >= 4 is 29.2 Å². The third-order valence-electron chi connectivity index (χ3n) is 4.91. The maximum Gasteiger partial charge on any atom is 0.345 e. The van der Waals surface area contributed by atoms with Crippen LogP contribution in [0.4, 0.5) is 4.79 Å². The number of esters is 1. The summed E-state index contributed by atoms with van der Waals surface area (Å²) in [4.78, 5) is 43.2. The number of nitrogens with one attached hydrogen (secondary N) is 1. The number of pyridine rings is 1. The van der Waals surface area contributed by atoms with Gasteiger partial charge < -0.3 is 15.0 Å². The third kappa shape index (κ3) is 3.00. The molecule has 146 valence electrons. The van der Waals surface area contributed by atoms with Gasteiger partial charge in [-0.3, -0.25) is 15.0 Å². The van der Waals surface area contributed by atoms with E-state index in [-0.39, 0.29) is 12.5 Å². The van der Waals surface area contributed by atoms with Crippen molar-refractivity contribution in [2.24, 2.45) is 0 Å². The fourth-order valence-corrected chi connectivity index (χ4v) is 4.74. The predicted molar refractivity (Wildman–Crippen MR) is 97.8 cm³/mol. The Labute approximate surface area is 164 Å². The summed E-state index contributed by atoms with van der Waals surface area (Å²) in [6, 6.07) is 3.21. The molecule has 2 bridgehead atoms. The van der Waals surface area contributed by atoms with Gasteiger partial charge in [-0.1, -0.05) is 0 Å². The van der Waals surface area contributed by atoms with Gasteiger partial charge in [0, 0.05) is 23.8 Å². The third-order valence-corrected chi connectivity index (χ3v) is 6.12. The number of thiophene rings is 1. The maximum absolute atomic E-state index is 12.6. The summed E-state index contributed by atoms with van der Waals surface area (Å²) < 4.78 is 4.83. The van der Waals surface area contributed by atoms with Gasteiger partial charge >= 0.3 is 12.0 Å². The molecule has 2 aliphatic rings. The van der Waals surface area contributed by atoms with Crippen LogP contribution in [-0.4, -0.2) is 58.3 Å². The lowest BCUT2D eigenvalue weighted by Gasteiger charge is -2.28. The molecule has 0 spiro atoms. The van der Waals surface area contributed by atoms with Crippen molar-refractivity contribution in [3.63, 3.8) is 0 Å². The summed E-state index contributed by atoms with van der Waals surface area (Å²) in [7, 11) is 1.24. The van der Waals surface area contributed by atoms with Crippen molar-refractivity contribution in [1.82, 2.24) is 20.3 Å². The number of ether oxygens (including phenoxy) is 1. The van der Waals surface area contributed by atoms with Crippen LogP contribution in [-0.2, 0) is 16.0 Å². The Kier molecular flexibility index (Phi) is 4.73. The number of carbonyl (C=O) groups excluding carboxylic acids is 3. The molecular formula is C18H18N4O5S. The van der Waals surface area contributed by atoms with Gasteiger partial charge in [0.1, 0.15) is 6.04 Å². The van der Waals surface area contributed by atoms with Crippen molar-refractivity contribution in [2.75, 3.05) is 20.2 Å². The fraction of sp³-hybridized carbons (Fsp3) is 0.333. The van der Waals surface area contributed by atoms with Crippen molar-refractivity contribution in [3.05, 3.63) is 51.5 Å². The number of hydrogen-bond acceptors (Lipinski definition) is 7. The fourth-order valence-electron chi connectivity index (χ4n) is 3.50. The molecule has 0 radical (unpaired) electrons. The highest BCUT2D eigenvalue weighted by Crippen LogP contribution is 2.47. The standard InChI is InChI=1S/C18H18N4O5S/c1-27-17(24)14-15-11(12-9-21(14)18(25)22(12)26)8-13(28-15)16(23)20-7-4-10-2-5-19-6-3-10/h2-3,5-6,8,12,14,26H,4,7,9H2,1H3,(H,20,23)/t12-,14-/m0/s1. The molecule has 3 amide bonds.